The number of nitrogens with one attached hydrogen (secondary N) is 1. The Balaban J connectivity index is 1.65. The molecule has 0 saturated carbocycles. The topological polar surface area (TPSA) is 30.5 Å². The summed E-state index contributed by atoms with van der Waals surface area (Å²) < 4.78 is 11.7. The van der Waals surface area contributed by atoms with E-state index in [-0.39, 0.29) is 6.10 Å². The molecule has 1 N–H and O–H groups in total. The maximum Gasteiger partial charge on any atom is 0.0933 e. The quantitative estimate of drug-likeness (QED) is 0.882. The highest BCUT2D eigenvalue weighted by atomic mass is 35.5. The highest BCUT2D eigenvalue weighted by molar-refractivity contribution is 7.16. The summed E-state index contributed by atoms with van der Waals surface area (Å²) in [7, 11) is 0. The molecule has 1 atom stereocenters. The molecular formula is C10H14ClNO2S. The van der Waals surface area contributed by atoms with Gasteiger partial charge in [-0.1, -0.05) is 11.6 Å². The summed E-state index contributed by atoms with van der Waals surface area (Å²) in [5, 5.41) is 3.33. The zero-order chi connectivity index (χ0) is 10.5. The molecule has 0 aromatic carbocycles. The molecule has 1 saturated heterocycles. The van der Waals surface area contributed by atoms with Crippen LogP contribution in [0.1, 0.15) is 4.88 Å². The van der Waals surface area contributed by atoms with Crippen LogP contribution in [-0.2, 0) is 16.0 Å². The third-order valence-corrected chi connectivity index (χ3v) is 3.42. The fraction of sp³-hybridized carbons (Fsp3) is 0.600. The Morgan fingerprint density at radius 3 is 3.07 bits per heavy atom. The summed E-state index contributed by atoms with van der Waals surface area (Å²) in [6, 6.07) is 3.96. The van der Waals surface area contributed by atoms with Crippen molar-refractivity contribution >= 4 is 22.9 Å². The first kappa shape index (κ1) is 11.4. The Morgan fingerprint density at radius 2 is 2.40 bits per heavy atom. The normalized spacial score (nSPS) is 21.8. The van der Waals surface area contributed by atoms with Crippen LogP contribution in [0.25, 0.3) is 0 Å². The van der Waals surface area contributed by atoms with Crippen molar-refractivity contribution in [1.82, 2.24) is 5.32 Å². The van der Waals surface area contributed by atoms with Crippen LogP contribution in [0.15, 0.2) is 12.1 Å². The van der Waals surface area contributed by atoms with Gasteiger partial charge in [-0.25, -0.2) is 0 Å². The standard InChI is InChI=1S/C10H14ClNO2S/c11-10-2-1-9(15-10)6-12-5-8-7-13-3-4-14-8/h1-2,8,12H,3-7H2. The Hall–Kier alpha value is -0.130. The lowest BCUT2D eigenvalue weighted by molar-refractivity contribution is -0.0864. The van der Waals surface area contributed by atoms with Crippen molar-refractivity contribution in [1.29, 1.82) is 0 Å². The third-order valence-electron chi connectivity index (χ3n) is 2.19. The van der Waals surface area contributed by atoms with E-state index >= 15 is 0 Å². The van der Waals surface area contributed by atoms with E-state index in [9.17, 15) is 0 Å². The van der Waals surface area contributed by atoms with Crippen LogP contribution in [0.5, 0.6) is 0 Å². The Kier molecular flexibility index (Phi) is 4.41. The van der Waals surface area contributed by atoms with Gasteiger partial charge in [0.1, 0.15) is 0 Å². The van der Waals surface area contributed by atoms with Gasteiger partial charge in [0.25, 0.3) is 0 Å². The van der Waals surface area contributed by atoms with E-state index in [4.69, 9.17) is 21.1 Å². The molecule has 1 aromatic heterocycles. The molecule has 0 amide bonds. The fourth-order valence-electron chi connectivity index (χ4n) is 1.46. The number of halogens is 1. The largest absolute Gasteiger partial charge is 0.376 e. The lowest BCUT2D eigenvalue weighted by Crippen LogP contribution is -2.37. The van der Waals surface area contributed by atoms with E-state index in [1.54, 1.807) is 11.3 Å². The van der Waals surface area contributed by atoms with Gasteiger partial charge >= 0.3 is 0 Å². The molecule has 1 fully saturated rings. The van der Waals surface area contributed by atoms with Crippen molar-refractivity contribution in [3.63, 3.8) is 0 Å². The van der Waals surface area contributed by atoms with E-state index < -0.39 is 0 Å². The first-order chi connectivity index (χ1) is 7.34. The van der Waals surface area contributed by atoms with Crippen molar-refractivity contribution < 1.29 is 9.47 Å². The predicted molar refractivity (Wildman–Crippen MR) is 61.6 cm³/mol. The van der Waals surface area contributed by atoms with E-state index in [1.165, 1.54) is 4.88 Å². The van der Waals surface area contributed by atoms with Crippen LogP contribution < -0.4 is 5.32 Å². The van der Waals surface area contributed by atoms with Gasteiger partial charge in [0.05, 0.1) is 30.3 Å². The summed E-state index contributed by atoms with van der Waals surface area (Å²) in [6.07, 6.45) is 0.189. The predicted octanol–water partition coefficient (Wildman–Crippen LogP) is 1.91. The summed E-state index contributed by atoms with van der Waals surface area (Å²) in [5.74, 6) is 0. The average molecular weight is 248 g/mol. The second kappa shape index (κ2) is 5.82. The number of hydrogen-bond donors (Lipinski definition) is 1. The molecule has 15 heavy (non-hydrogen) atoms. The van der Waals surface area contributed by atoms with Gasteiger partial charge in [0, 0.05) is 18.0 Å². The van der Waals surface area contributed by atoms with Crippen LogP contribution in [-0.4, -0.2) is 32.5 Å². The van der Waals surface area contributed by atoms with Gasteiger partial charge in [-0.05, 0) is 12.1 Å². The molecule has 0 radical (unpaired) electrons. The fourth-order valence-corrected chi connectivity index (χ4v) is 2.51. The number of thiophene rings is 1. The third kappa shape index (κ3) is 3.74. The van der Waals surface area contributed by atoms with E-state index in [1.807, 2.05) is 12.1 Å². The minimum Gasteiger partial charge on any atom is -0.376 e. The first-order valence-electron chi connectivity index (χ1n) is 4.99. The zero-order valence-corrected chi connectivity index (χ0v) is 9.94. The lowest BCUT2D eigenvalue weighted by Gasteiger charge is -2.22. The van der Waals surface area contributed by atoms with E-state index in [0.29, 0.717) is 13.2 Å². The van der Waals surface area contributed by atoms with Crippen molar-refractivity contribution in [2.24, 2.45) is 0 Å². The van der Waals surface area contributed by atoms with Crippen molar-refractivity contribution in [2.75, 3.05) is 26.4 Å². The number of hydrogen-bond acceptors (Lipinski definition) is 4. The molecule has 0 spiro atoms. The highest BCUT2D eigenvalue weighted by Crippen LogP contribution is 2.20. The molecule has 2 heterocycles. The Morgan fingerprint density at radius 1 is 1.47 bits per heavy atom. The molecule has 1 aromatic rings. The van der Waals surface area contributed by atoms with Crippen LogP contribution >= 0.6 is 22.9 Å². The average Bonchev–Trinajstić information content (AvgIpc) is 2.66. The maximum atomic E-state index is 5.83. The molecular weight excluding hydrogens is 234 g/mol. The molecule has 1 aliphatic rings. The molecule has 84 valence electrons. The van der Waals surface area contributed by atoms with Gasteiger partial charge < -0.3 is 14.8 Å². The molecule has 1 unspecified atom stereocenters. The maximum absolute atomic E-state index is 5.83. The zero-order valence-electron chi connectivity index (χ0n) is 8.37. The van der Waals surface area contributed by atoms with E-state index in [2.05, 4.69) is 5.32 Å². The molecule has 0 bridgehead atoms. The SMILES string of the molecule is Clc1ccc(CNCC2COCCO2)s1. The minimum absolute atomic E-state index is 0.189. The molecule has 5 heteroatoms. The van der Waals surface area contributed by atoms with Gasteiger partial charge in [-0.3, -0.25) is 0 Å². The number of ether oxygens (including phenoxy) is 2. The minimum atomic E-state index is 0.189. The molecule has 3 nitrogen and oxygen atoms in total. The summed E-state index contributed by atoms with van der Waals surface area (Å²) in [4.78, 5) is 1.25. The number of rotatable bonds is 4. The lowest BCUT2D eigenvalue weighted by atomic mass is 10.3. The van der Waals surface area contributed by atoms with Crippen molar-refractivity contribution in [3.05, 3.63) is 21.3 Å². The summed E-state index contributed by atoms with van der Waals surface area (Å²) in [5.41, 5.74) is 0. The van der Waals surface area contributed by atoms with Crippen molar-refractivity contribution in [2.45, 2.75) is 12.6 Å². The summed E-state index contributed by atoms with van der Waals surface area (Å²) in [6.45, 7) is 3.79. The van der Waals surface area contributed by atoms with Crippen LogP contribution in [0.3, 0.4) is 0 Å². The van der Waals surface area contributed by atoms with Crippen LogP contribution in [0.4, 0.5) is 0 Å². The molecule has 2 rings (SSSR count). The molecule has 1 aliphatic heterocycles. The van der Waals surface area contributed by atoms with Gasteiger partial charge in [0.2, 0.25) is 0 Å². The second-order valence-corrected chi connectivity index (χ2v) is 5.20. The Labute approximate surface area is 98.3 Å². The van der Waals surface area contributed by atoms with Gasteiger partial charge in [0.15, 0.2) is 0 Å². The van der Waals surface area contributed by atoms with Crippen LogP contribution in [0, 0.1) is 0 Å². The monoisotopic (exact) mass is 247 g/mol. The highest BCUT2D eigenvalue weighted by Gasteiger charge is 2.13. The van der Waals surface area contributed by atoms with Gasteiger partial charge in [-0.15, -0.1) is 11.3 Å². The van der Waals surface area contributed by atoms with Gasteiger partial charge in [-0.2, -0.15) is 0 Å². The Bertz CT molecular complexity index is 299. The van der Waals surface area contributed by atoms with Crippen LogP contribution in [0.2, 0.25) is 4.34 Å². The first-order valence-corrected chi connectivity index (χ1v) is 6.18. The van der Waals surface area contributed by atoms with Crippen molar-refractivity contribution in [3.8, 4) is 0 Å². The second-order valence-electron chi connectivity index (χ2n) is 3.40. The molecule has 0 aliphatic carbocycles. The summed E-state index contributed by atoms with van der Waals surface area (Å²) >= 11 is 7.44. The smallest absolute Gasteiger partial charge is 0.0933 e. The van der Waals surface area contributed by atoms with E-state index in [0.717, 1.165) is 24.0 Å².